The smallest absolute Gasteiger partial charge is 0.419 e. The molecule has 1 unspecified atom stereocenters. The quantitative estimate of drug-likeness (QED) is 0.221. The van der Waals surface area contributed by atoms with Gasteiger partial charge in [0.15, 0.2) is 14.8 Å². The van der Waals surface area contributed by atoms with Crippen molar-refractivity contribution in [3.63, 3.8) is 0 Å². The van der Waals surface area contributed by atoms with Crippen LogP contribution in [0.3, 0.4) is 0 Å². The zero-order valence-electron chi connectivity index (χ0n) is 26.7. The molecule has 5 heterocycles. The lowest BCUT2D eigenvalue weighted by atomic mass is 10.0. The van der Waals surface area contributed by atoms with Crippen LogP contribution < -0.4 is 5.32 Å². The Morgan fingerprint density at radius 1 is 1.00 bits per heavy atom. The maximum absolute atomic E-state index is 12.7. The Hall–Kier alpha value is -2.77. The van der Waals surface area contributed by atoms with E-state index < -0.39 is 11.7 Å². The predicted molar refractivity (Wildman–Crippen MR) is 180 cm³/mol. The number of hydrogen-bond donors (Lipinski definition) is 1. The summed E-state index contributed by atoms with van der Waals surface area (Å²) in [7, 11) is 1.83. The van der Waals surface area contributed by atoms with Gasteiger partial charge in [0.2, 0.25) is 0 Å². The lowest BCUT2D eigenvalue weighted by molar-refractivity contribution is 0.0120. The van der Waals surface area contributed by atoms with E-state index in [1.165, 1.54) is 33.7 Å². The highest BCUT2D eigenvalue weighted by molar-refractivity contribution is 9.10. The minimum Gasteiger partial charge on any atom is -0.444 e. The number of nitrogens with zero attached hydrogens (tertiary/aromatic N) is 5. The molecule has 0 spiro atoms. The molecule has 236 valence electrons. The van der Waals surface area contributed by atoms with Crippen molar-refractivity contribution in [3.8, 4) is 10.7 Å². The average Bonchev–Trinajstić information content (AvgIpc) is 3.63. The molecule has 1 saturated heterocycles. The van der Waals surface area contributed by atoms with Crippen molar-refractivity contribution in [1.82, 2.24) is 24.4 Å². The van der Waals surface area contributed by atoms with Crippen LogP contribution in [0.15, 0.2) is 22.9 Å². The fraction of sp³-hybridized carbons (Fsp3) is 0.567. The number of nitrogens with one attached hydrogen (secondary N) is 1. The summed E-state index contributed by atoms with van der Waals surface area (Å²) in [5.74, 6) is 0. The van der Waals surface area contributed by atoms with E-state index in [9.17, 15) is 9.59 Å². The molecule has 10 nitrogen and oxygen atoms in total. The van der Waals surface area contributed by atoms with Gasteiger partial charge in [-0.15, -0.1) is 0 Å². The van der Waals surface area contributed by atoms with Gasteiger partial charge >= 0.3 is 12.2 Å². The number of thiazole rings is 2. The van der Waals surface area contributed by atoms with Crippen molar-refractivity contribution < 1.29 is 19.1 Å². The second-order valence-corrected chi connectivity index (χ2v) is 14.6. The van der Waals surface area contributed by atoms with Gasteiger partial charge in [-0.3, -0.25) is 9.55 Å². The minimum absolute atomic E-state index is 0.162. The van der Waals surface area contributed by atoms with Crippen molar-refractivity contribution >= 4 is 76.5 Å². The Morgan fingerprint density at radius 2 is 1.63 bits per heavy atom. The molecule has 0 bridgehead atoms. The van der Waals surface area contributed by atoms with E-state index in [1.54, 1.807) is 12.4 Å². The van der Waals surface area contributed by atoms with Gasteiger partial charge in [0.05, 0.1) is 5.52 Å². The number of ether oxygens (including phenoxy) is 2. The number of halogens is 1. The summed E-state index contributed by atoms with van der Waals surface area (Å²) in [5, 5.41) is 5.43. The fourth-order valence-corrected chi connectivity index (χ4v) is 6.59. The van der Waals surface area contributed by atoms with Gasteiger partial charge < -0.3 is 19.7 Å². The molecule has 4 aromatic heterocycles. The van der Waals surface area contributed by atoms with E-state index in [0.717, 1.165) is 44.0 Å². The third kappa shape index (κ3) is 8.89. The van der Waals surface area contributed by atoms with Crippen LogP contribution in [0.4, 0.5) is 14.7 Å². The maximum atomic E-state index is 12.7. The van der Waals surface area contributed by atoms with Crippen molar-refractivity contribution in [2.45, 2.75) is 98.8 Å². The van der Waals surface area contributed by atoms with Crippen molar-refractivity contribution in [1.29, 1.82) is 0 Å². The molecule has 1 atom stereocenters. The summed E-state index contributed by atoms with van der Waals surface area (Å²) in [5.41, 5.74) is 0.317. The van der Waals surface area contributed by atoms with Gasteiger partial charge in [0, 0.05) is 41.9 Å². The highest BCUT2D eigenvalue weighted by Gasteiger charge is 2.28. The number of anilines is 1. The first-order chi connectivity index (χ1) is 20.2. The van der Waals surface area contributed by atoms with E-state index in [0.29, 0.717) is 22.3 Å². The van der Waals surface area contributed by atoms with Gasteiger partial charge in [0.1, 0.15) is 21.9 Å². The molecule has 0 aliphatic carbocycles. The van der Waals surface area contributed by atoms with E-state index >= 15 is 0 Å². The summed E-state index contributed by atoms with van der Waals surface area (Å²) in [6.45, 7) is 18.2. The van der Waals surface area contributed by atoms with Gasteiger partial charge in [0.25, 0.3) is 0 Å². The van der Waals surface area contributed by atoms with Crippen LogP contribution in [-0.4, -0.2) is 67.4 Å². The second kappa shape index (κ2) is 14.3. The molecule has 1 fully saturated rings. The number of amides is 1. The first kappa shape index (κ1) is 34.7. The van der Waals surface area contributed by atoms with Crippen LogP contribution in [0.2, 0.25) is 0 Å². The average molecular weight is 696 g/mol. The summed E-state index contributed by atoms with van der Waals surface area (Å²) >= 11 is 6.44. The summed E-state index contributed by atoms with van der Waals surface area (Å²) in [6.07, 6.45) is 6.22. The number of fused-ring (bicyclic) bond motifs is 2. The molecule has 0 radical (unpaired) electrons. The third-order valence-electron chi connectivity index (χ3n) is 6.09. The molecule has 1 aliphatic heterocycles. The van der Waals surface area contributed by atoms with Crippen molar-refractivity contribution in [2.24, 2.45) is 0 Å². The molecule has 4 aromatic rings. The Bertz CT molecular complexity index is 1520. The highest BCUT2D eigenvalue weighted by atomic mass is 79.9. The van der Waals surface area contributed by atoms with E-state index in [4.69, 9.17) is 9.47 Å². The largest absolute Gasteiger partial charge is 0.444 e. The topological polar surface area (TPSA) is 111 Å². The first-order valence-electron chi connectivity index (χ1n) is 14.5. The lowest BCUT2D eigenvalue weighted by Crippen LogP contribution is -2.44. The zero-order chi connectivity index (χ0) is 32.1. The van der Waals surface area contributed by atoms with E-state index in [-0.39, 0.29) is 11.7 Å². The van der Waals surface area contributed by atoms with Gasteiger partial charge in [-0.25, -0.2) is 19.6 Å². The maximum Gasteiger partial charge on any atom is 0.419 e. The van der Waals surface area contributed by atoms with Crippen molar-refractivity contribution in [2.75, 3.05) is 18.9 Å². The van der Waals surface area contributed by atoms with Gasteiger partial charge in [-0.1, -0.05) is 36.5 Å². The molecular formula is C30H43BrN6O4S2. The molecule has 1 aliphatic rings. The number of aromatic nitrogens is 4. The minimum atomic E-state index is -0.593. The Morgan fingerprint density at radius 3 is 2.21 bits per heavy atom. The number of piperidine rings is 1. The van der Waals surface area contributed by atoms with Gasteiger partial charge in [-0.05, 0) is 89.7 Å². The van der Waals surface area contributed by atoms with Crippen LogP contribution in [-0.2, 0) is 9.47 Å². The van der Waals surface area contributed by atoms with Crippen molar-refractivity contribution in [3.05, 3.63) is 22.9 Å². The highest BCUT2D eigenvalue weighted by Crippen LogP contribution is 2.38. The molecule has 0 aromatic carbocycles. The van der Waals surface area contributed by atoms with E-state index in [1.807, 2.05) is 73.4 Å². The first-order valence-corrected chi connectivity index (χ1v) is 16.9. The number of carbonyl (C=O) groups is 2. The molecule has 1 N–H and O–H groups in total. The zero-order valence-corrected chi connectivity index (χ0v) is 29.9. The lowest BCUT2D eigenvalue weighted by Gasteiger charge is -2.34. The molecule has 13 heteroatoms. The van der Waals surface area contributed by atoms with Crippen LogP contribution in [0.25, 0.3) is 31.3 Å². The van der Waals surface area contributed by atoms with E-state index in [2.05, 4.69) is 43.1 Å². The Kier molecular flexibility index (Phi) is 11.6. The number of likely N-dealkylation sites (tertiary alicyclic amines) is 1. The SMILES string of the molecule is CC.CC1CCCCN1C(=O)OC(C)(C)C.CNc1nc2sc(-c3ncc(Br)c4ccn(C(=O)OC(C)(C)C)c34)nc2s1. The second-order valence-electron chi connectivity index (χ2n) is 11.8. The number of pyridine rings is 1. The standard InChI is InChI=1S/C17H16BrN5O2S2.C11H21NO2.C2H6/c1-17(2,3)25-16(24)23-6-5-8-9(18)7-20-10(11(8)23)12-21-13-14(26-12)22-15(19-4)27-13;1-9-7-5-6-8-12(9)10(13)14-11(2,3)4;1-2/h5-7H,1-4H3,(H,19,22);9H,5-8H2,1-4H3;1-2H3. The number of rotatable bonds is 2. The van der Waals surface area contributed by atoms with Crippen LogP contribution >= 0.6 is 38.6 Å². The Labute approximate surface area is 270 Å². The summed E-state index contributed by atoms with van der Waals surface area (Å²) in [6, 6.07) is 2.19. The molecule has 1 amide bonds. The monoisotopic (exact) mass is 694 g/mol. The number of carbonyl (C=O) groups excluding carboxylic acids is 2. The summed E-state index contributed by atoms with van der Waals surface area (Å²) < 4.78 is 13.2. The normalized spacial score (nSPS) is 15.3. The molecule has 43 heavy (non-hydrogen) atoms. The molecule has 5 rings (SSSR count). The Balaban J connectivity index is 0.000000268. The molecular weight excluding hydrogens is 652 g/mol. The van der Waals surface area contributed by atoms with Crippen LogP contribution in [0, 0.1) is 0 Å². The number of hydrogen-bond acceptors (Lipinski definition) is 10. The predicted octanol–water partition coefficient (Wildman–Crippen LogP) is 9.18. The third-order valence-corrected chi connectivity index (χ3v) is 8.77. The van der Waals surface area contributed by atoms with Crippen LogP contribution in [0.1, 0.15) is 81.6 Å². The van der Waals surface area contributed by atoms with Gasteiger partial charge in [-0.2, -0.15) is 0 Å². The molecule has 0 saturated carbocycles. The summed E-state index contributed by atoms with van der Waals surface area (Å²) in [4.78, 5) is 41.7. The fourth-order valence-electron chi connectivity index (χ4n) is 4.28. The van der Waals surface area contributed by atoms with Crippen LogP contribution in [0.5, 0.6) is 0 Å².